The topological polar surface area (TPSA) is 76.2 Å². The normalized spacial score (nSPS) is 14.3. The van der Waals surface area contributed by atoms with Gasteiger partial charge < -0.3 is 14.4 Å². The number of sulfonamides is 1. The lowest BCUT2D eigenvalue weighted by Crippen LogP contribution is -2.31. The van der Waals surface area contributed by atoms with Gasteiger partial charge in [-0.05, 0) is 67.6 Å². The summed E-state index contributed by atoms with van der Waals surface area (Å²) in [4.78, 5) is 15.2. The first-order valence-corrected chi connectivity index (χ1v) is 13.0. The van der Waals surface area contributed by atoms with E-state index in [1.54, 1.807) is 24.1 Å². The van der Waals surface area contributed by atoms with Crippen LogP contribution in [0.3, 0.4) is 0 Å². The van der Waals surface area contributed by atoms with Crippen molar-refractivity contribution >= 4 is 15.9 Å². The number of amides is 1. The molecule has 0 N–H and O–H groups in total. The summed E-state index contributed by atoms with van der Waals surface area (Å²) in [5.41, 5.74) is 1.41. The Bertz CT molecular complexity index is 1030. The van der Waals surface area contributed by atoms with Crippen molar-refractivity contribution in [3.63, 3.8) is 0 Å². The van der Waals surface area contributed by atoms with Crippen molar-refractivity contribution in [3.8, 4) is 11.5 Å². The first-order chi connectivity index (χ1) is 15.9. The van der Waals surface area contributed by atoms with E-state index in [0.717, 1.165) is 31.2 Å². The van der Waals surface area contributed by atoms with Crippen LogP contribution >= 0.6 is 0 Å². The van der Waals surface area contributed by atoms with E-state index in [2.05, 4.69) is 0 Å². The molecule has 33 heavy (non-hydrogen) atoms. The molecule has 180 valence electrons. The highest BCUT2D eigenvalue weighted by molar-refractivity contribution is 7.89. The Morgan fingerprint density at radius 1 is 1.00 bits per heavy atom. The molecule has 1 aliphatic rings. The molecule has 1 saturated heterocycles. The van der Waals surface area contributed by atoms with Gasteiger partial charge in [-0.3, -0.25) is 4.79 Å². The smallest absolute Gasteiger partial charge is 0.254 e. The molecule has 0 bridgehead atoms. The lowest BCUT2D eigenvalue weighted by atomic mass is 10.1. The van der Waals surface area contributed by atoms with E-state index in [1.807, 2.05) is 32.0 Å². The molecule has 1 aliphatic heterocycles. The molecule has 0 spiro atoms. The predicted molar refractivity (Wildman–Crippen MR) is 128 cm³/mol. The largest absolute Gasteiger partial charge is 0.493 e. The molecule has 3 rings (SSSR count). The Kier molecular flexibility index (Phi) is 8.74. The fraction of sp³-hybridized carbons (Fsp3) is 0.480. The maximum atomic E-state index is 13.2. The van der Waals surface area contributed by atoms with Gasteiger partial charge in [0.2, 0.25) is 10.0 Å². The van der Waals surface area contributed by atoms with Crippen molar-refractivity contribution in [1.82, 2.24) is 9.21 Å². The molecule has 2 aromatic rings. The van der Waals surface area contributed by atoms with Crippen LogP contribution in [-0.4, -0.2) is 56.9 Å². The van der Waals surface area contributed by atoms with E-state index < -0.39 is 10.0 Å². The lowest BCUT2D eigenvalue weighted by molar-refractivity contribution is 0.0743. The first kappa shape index (κ1) is 25.1. The maximum Gasteiger partial charge on any atom is 0.254 e. The van der Waals surface area contributed by atoms with Gasteiger partial charge >= 0.3 is 0 Å². The monoisotopic (exact) mass is 474 g/mol. The summed E-state index contributed by atoms with van der Waals surface area (Å²) < 4.78 is 38.2. The molecule has 0 radical (unpaired) electrons. The highest BCUT2D eigenvalue weighted by Gasteiger charge is 2.27. The number of methoxy groups -OCH3 is 1. The van der Waals surface area contributed by atoms with Crippen LogP contribution in [0.1, 0.15) is 55.5 Å². The van der Waals surface area contributed by atoms with Gasteiger partial charge in [0, 0.05) is 31.7 Å². The molecule has 1 amide bonds. The fourth-order valence-corrected chi connectivity index (χ4v) is 5.43. The molecular weight excluding hydrogens is 440 g/mol. The molecule has 0 atom stereocenters. The fourth-order valence-electron chi connectivity index (χ4n) is 3.91. The van der Waals surface area contributed by atoms with Gasteiger partial charge in [0.05, 0.1) is 18.6 Å². The Balaban J connectivity index is 1.76. The molecule has 0 aliphatic carbocycles. The molecular formula is C25H34N2O5S. The lowest BCUT2D eigenvalue weighted by Gasteiger charge is -2.23. The van der Waals surface area contributed by atoms with Crippen LogP contribution < -0.4 is 9.47 Å². The van der Waals surface area contributed by atoms with E-state index in [0.29, 0.717) is 49.8 Å². The van der Waals surface area contributed by atoms with Crippen LogP contribution in [0.15, 0.2) is 47.4 Å². The molecule has 1 fully saturated rings. The summed E-state index contributed by atoms with van der Waals surface area (Å²) in [5.74, 6) is 1.19. The molecule has 0 unspecified atom stereocenters. The summed E-state index contributed by atoms with van der Waals surface area (Å²) in [5, 5.41) is 0. The summed E-state index contributed by atoms with van der Waals surface area (Å²) in [6, 6.07) is 12.0. The quantitative estimate of drug-likeness (QED) is 0.485. The van der Waals surface area contributed by atoms with Crippen molar-refractivity contribution in [2.45, 2.75) is 51.0 Å². The van der Waals surface area contributed by atoms with E-state index >= 15 is 0 Å². The number of carbonyl (C=O) groups excluding carboxylic acids is 1. The molecule has 0 aromatic heterocycles. The van der Waals surface area contributed by atoms with Crippen LogP contribution in [0.4, 0.5) is 0 Å². The van der Waals surface area contributed by atoms with Crippen LogP contribution in [0.5, 0.6) is 11.5 Å². The summed E-state index contributed by atoms with van der Waals surface area (Å²) >= 11 is 0. The third-order valence-corrected chi connectivity index (χ3v) is 7.56. The number of carbonyl (C=O) groups is 1. The second-order valence-electron chi connectivity index (χ2n) is 8.20. The van der Waals surface area contributed by atoms with Crippen LogP contribution in [0.25, 0.3) is 0 Å². The van der Waals surface area contributed by atoms with Crippen LogP contribution in [-0.2, 0) is 16.6 Å². The molecule has 8 heteroatoms. The van der Waals surface area contributed by atoms with Gasteiger partial charge in [-0.2, -0.15) is 4.31 Å². The SMILES string of the molecule is CCCOc1ccc(CN(CCC)C(=O)c2ccc(S(=O)(=O)N3CCCC3)cc2)cc1OC. The third kappa shape index (κ3) is 6.06. The van der Waals surface area contributed by atoms with Crippen LogP contribution in [0.2, 0.25) is 0 Å². The zero-order chi connectivity index (χ0) is 23.8. The standard InChI is InChI=1S/C25H34N2O5S/c1-4-14-26(19-20-8-13-23(32-17-5-2)24(18-20)31-3)25(28)21-9-11-22(12-10-21)33(29,30)27-15-6-7-16-27/h8-13,18H,4-7,14-17,19H2,1-3H3. The van der Waals surface area contributed by atoms with Crippen molar-refractivity contribution in [3.05, 3.63) is 53.6 Å². The van der Waals surface area contributed by atoms with E-state index in [4.69, 9.17) is 9.47 Å². The van der Waals surface area contributed by atoms with Gasteiger partial charge in [0.25, 0.3) is 5.91 Å². The van der Waals surface area contributed by atoms with Crippen molar-refractivity contribution < 1.29 is 22.7 Å². The number of rotatable bonds is 11. The Labute approximate surface area is 197 Å². The van der Waals surface area contributed by atoms with E-state index in [-0.39, 0.29) is 10.8 Å². The van der Waals surface area contributed by atoms with Gasteiger partial charge in [-0.25, -0.2) is 8.42 Å². The molecule has 2 aromatic carbocycles. The van der Waals surface area contributed by atoms with Gasteiger partial charge in [-0.1, -0.05) is 19.9 Å². The number of hydrogen-bond acceptors (Lipinski definition) is 5. The Morgan fingerprint density at radius 3 is 2.30 bits per heavy atom. The average molecular weight is 475 g/mol. The third-order valence-electron chi connectivity index (χ3n) is 5.65. The van der Waals surface area contributed by atoms with Crippen LogP contribution in [0, 0.1) is 0 Å². The molecule has 7 nitrogen and oxygen atoms in total. The Morgan fingerprint density at radius 2 is 1.70 bits per heavy atom. The summed E-state index contributed by atoms with van der Waals surface area (Å²) in [6.45, 7) is 6.80. The van der Waals surface area contributed by atoms with Gasteiger partial charge in [0.15, 0.2) is 11.5 Å². The predicted octanol–water partition coefficient (Wildman–Crippen LogP) is 4.32. The van der Waals surface area contributed by atoms with E-state index in [1.165, 1.54) is 16.4 Å². The first-order valence-electron chi connectivity index (χ1n) is 11.6. The highest BCUT2D eigenvalue weighted by atomic mass is 32.2. The number of benzene rings is 2. The number of hydrogen-bond donors (Lipinski definition) is 0. The number of ether oxygens (including phenoxy) is 2. The van der Waals surface area contributed by atoms with Crippen molar-refractivity contribution in [2.75, 3.05) is 33.4 Å². The van der Waals surface area contributed by atoms with Gasteiger partial charge in [-0.15, -0.1) is 0 Å². The average Bonchev–Trinajstić information content (AvgIpc) is 3.38. The van der Waals surface area contributed by atoms with Gasteiger partial charge in [0.1, 0.15) is 0 Å². The molecule has 1 heterocycles. The minimum atomic E-state index is -3.50. The summed E-state index contributed by atoms with van der Waals surface area (Å²) in [7, 11) is -1.89. The second-order valence-corrected chi connectivity index (χ2v) is 10.1. The zero-order valence-electron chi connectivity index (χ0n) is 19.7. The maximum absolute atomic E-state index is 13.2. The number of nitrogens with zero attached hydrogens (tertiary/aromatic N) is 2. The Hall–Kier alpha value is -2.58. The molecule has 0 saturated carbocycles. The minimum Gasteiger partial charge on any atom is -0.493 e. The summed E-state index contributed by atoms with van der Waals surface area (Å²) in [6.07, 6.45) is 3.49. The highest BCUT2D eigenvalue weighted by Crippen LogP contribution is 2.29. The zero-order valence-corrected chi connectivity index (χ0v) is 20.6. The van der Waals surface area contributed by atoms with Crippen molar-refractivity contribution in [1.29, 1.82) is 0 Å². The minimum absolute atomic E-state index is 0.132. The second kappa shape index (κ2) is 11.5. The van der Waals surface area contributed by atoms with E-state index in [9.17, 15) is 13.2 Å². The van der Waals surface area contributed by atoms with Crippen molar-refractivity contribution in [2.24, 2.45) is 0 Å².